The van der Waals surface area contributed by atoms with Crippen LogP contribution in [0.15, 0.2) is 0 Å². The van der Waals surface area contributed by atoms with E-state index in [0.717, 1.165) is 23.8 Å². The predicted molar refractivity (Wildman–Crippen MR) is 60.4 cm³/mol. The number of imidazole rings is 1. The summed E-state index contributed by atoms with van der Waals surface area (Å²) in [6.07, 6.45) is 1.08. The van der Waals surface area contributed by atoms with Crippen LogP contribution in [0.5, 0.6) is 0 Å². The molecule has 1 heterocycles. The molecule has 0 bridgehead atoms. The highest BCUT2D eigenvalue weighted by Gasteiger charge is 2.17. The van der Waals surface area contributed by atoms with E-state index in [4.69, 9.17) is 5.73 Å². The molecule has 3 nitrogen and oxygen atoms in total. The standard InChI is InChI=1S/C11H21N3/c1-6-8(4)9-10(12)14(5)11(13-9)7(2)3/h7-8H,6,12H2,1-5H3. The maximum absolute atomic E-state index is 6.02. The van der Waals surface area contributed by atoms with Crippen LogP contribution in [-0.4, -0.2) is 9.55 Å². The zero-order valence-electron chi connectivity index (χ0n) is 9.83. The van der Waals surface area contributed by atoms with Crippen molar-refractivity contribution in [2.24, 2.45) is 7.05 Å². The van der Waals surface area contributed by atoms with E-state index in [9.17, 15) is 0 Å². The van der Waals surface area contributed by atoms with Crippen LogP contribution < -0.4 is 5.73 Å². The van der Waals surface area contributed by atoms with Gasteiger partial charge >= 0.3 is 0 Å². The number of anilines is 1. The van der Waals surface area contributed by atoms with Gasteiger partial charge in [0.25, 0.3) is 0 Å². The third-order valence-electron chi connectivity index (χ3n) is 2.80. The Morgan fingerprint density at radius 2 is 1.93 bits per heavy atom. The molecule has 1 rings (SSSR count). The van der Waals surface area contributed by atoms with Gasteiger partial charge in [0.15, 0.2) is 0 Å². The lowest BCUT2D eigenvalue weighted by atomic mass is 10.1. The fourth-order valence-electron chi connectivity index (χ4n) is 1.62. The fourth-order valence-corrected chi connectivity index (χ4v) is 1.62. The van der Waals surface area contributed by atoms with Crippen molar-refractivity contribution in [1.82, 2.24) is 9.55 Å². The van der Waals surface area contributed by atoms with E-state index in [1.165, 1.54) is 0 Å². The summed E-state index contributed by atoms with van der Waals surface area (Å²) in [6.45, 7) is 8.61. The molecule has 0 aromatic carbocycles. The Balaban J connectivity index is 3.15. The van der Waals surface area contributed by atoms with Crippen molar-refractivity contribution < 1.29 is 0 Å². The summed E-state index contributed by atoms with van der Waals surface area (Å²) in [7, 11) is 1.99. The Morgan fingerprint density at radius 3 is 2.29 bits per heavy atom. The zero-order valence-corrected chi connectivity index (χ0v) is 9.83. The van der Waals surface area contributed by atoms with E-state index in [1.807, 2.05) is 11.6 Å². The van der Waals surface area contributed by atoms with E-state index < -0.39 is 0 Å². The molecular weight excluding hydrogens is 174 g/mol. The first-order valence-corrected chi connectivity index (χ1v) is 5.31. The first-order chi connectivity index (χ1) is 6.49. The number of nitrogen functional groups attached to an aromatic ring is 1. The second-order valence-corrected chi connectivity index (χ2v) is 4.26. The summed E-state index contributed by atoms with van der Waals surface area (Å²) in [5.41, 5.74) is 7.07. The second-order valence-electron chi connectivity index (χ2n) is 4.26. The molecule has 1 aromatic rings. The first-order valence-electron chi connectivity index (χ1n) is 5.31. The zero-order chi connectivity index (χ0) is 10.9. The molecule has 0 aliphatic heterocycles. The molecule has 14 heavy (non-hydrogen) atoms. The van der Waals surface area contributed by atoms with Gasteiger partial charge in [-0.3, -0.25) is 0 Å². The number of nitrogens with two attached hydrogens (primary N) is 1. The van der Waals surface area contributed by atoms with Crippen molar-refractivity contribution in [2.45, 2.75) is 46.0 Å². The first kappa shape index (κ1) is 11.1. The summed E-state index contributed by atoms with van der Waals surface area (Å²) in [6, 6.07) is 0. The lowest BCUT2D eigenvalue weighted by Gasteiger charge is -2.06. The summed E-state index contributed by atoms with van der Waals surface area (Å²) in [4.78, 5) is 4.62. The molecule has 1 aromatic heterocycles. The van der Waals surface area contributed by atoms with Gasteiger partial charge in [0, 0.05) is 18.9 Å². The fraction of sp³-hybridized carbons (Fsp3) is 0.727. The third kappa shape index (κ3) is 1.76. The SMILES string of the molecule is CCC(C)c1nc(C(C)C)n(C)c1N. The molecule has 0 fully saturated rings. The minimum absolute atomic E-state index is 0.431. The van der Waals surface area contributed by atoms with Crippen LogP contribution in [0.2, 0.25) is 0 Å². The number of rotatable bonds is 3. The van der Waals surface area contributed by atoms with Crippen molar-refractivity contribution in [3.63, 3.8) is 0 Å². The average Bonchev–Trinajstić information content (AvgIpc) is 2.43. The van der Waals surface area contributed by atoms with Crippen molar-refractivity contribution >= 4 is 5.82 Å². The van der Waals surface area contributed by atoms with Crippen molar-refractivity contribution in [3.05, 3.63) is 11.5 Å². The smallest absolute Gasteiger partial charge is 0.126 e. The van der Waals surface area contributed by atoms with Crippen LogP contribution >= 0.6 is 0 Å². The largest absolute Gasteiger partial charge is 0.384 e. The molecule has 0 aliphatic carbocycles. The Bertz CT molecular complexity index is 313. The van der Waals surface area contributed by atoms with Crippen LogP contribution in [0.4, 0.5) is 5.82 Å². The highest BCUT2D eigenvalue weighted by Crippen LogP contribution is 2.26. The van der Waals surface area contributed by atoms with Crippen molar-refractivity contribution in [3.8, 4) is 0 Å². The van der Waals surface area contributed by atoms with Gasteiger partial charge in [-0.15, -0.1) is 0 Å². The highest BCUT2D eigenvalue weighted by molar-refractivity contribution is 5.40. The van der Waals surface area contributed by atoms with E-state index in [-0.39, 0.29) is 0 Å². The lowest BCUT2D eigenvalue weighted by Crippen LogP contribution is -2.03. The molecule has 80 valence electrons. The van der Waals surface area contributed by atoms with E-state index in [1.54, 1.807) is 0 Å². The molecule has 2 N–H and O–H groups in total. The Morgan fingerprint density at radius 1 is 1.36 bits per heavy atom. The second kappa shape index (κ2) is 4.03. The normalized spacial score (nSPS) is 13.6. The summed E-state index contributed by atoms with van der Waals surface area (Å²) < 4.78 is 2.01. The molecule has 0 saturated heterocycles. The third-order valence-corrected chi connectivity index (χ3v) is 2.80. The highest BCUT2D eigenvalue weighted by atomic mass is 15.1. The summed E-state index contributed by atoms with van der Waals surface area (Å²) in [5.74, 6) is 2.79. The van der Waals surface area contributed by atoms with Gasteiger partial charge in [-0.1, -0.05) is 27.7 Å². The van der Waals surface area contributed by atoms with Gasteiger partial charge in [-0.2, -0.15) is 0 Å². The molecular formula is C11H21N3. The van der Waals surface area contributed by atoms with E-state index in [2.05, 4.69) is 32.7 Å². The van der Waals surface area contributed by atoms with E-state index in [0.29, 0.717) is 11.8 Å². The summed E-state index contributed by atoms with van der Waals surface area (Å²) >= 11 is 0. The van der Waals surface area contributed by atoms with Gasteiger partial charge in [0.2, 0.25) is 0 Å². The Kier molecular flexibility index (Phi) is 3.19. The number of hydrogen-bond acceptors (Lipinski definition) is 2. The maximum atomic E-state index is 6.02. The van der Waals surface area contributed by atoms with Crippen LogP contribution in [-0.2, 0) is 7.05 Å². The molecule has 1 atom stereocenters. The molecule has 0 aliphatic rings. The monoisotopic (exact) mass is 195 g/mol. The van der Waals surface area contributed by atoms with Crippen LogP contribution in [0.1, 0.15) is 57.5 Å². The summed E-state index contributed by atoms with van der Waals surface area (Å²) in [5, 5.41) is 0. The molecule has 1 unspecified atom stereocenters. The average molecular weight is 195 g/mol. The van der Waals surface area contributed by atoms with Gasteiger partial charge < -0.3 is 10.3 Å². The van der Waals surface area contributed by atoms with Gasteiger partial charge in [0.1, 0.15) is 11.6 Å². The number of aromatic nitrogens is 2. The molecule has 0 spiro atoms. The molecule has 0 radical (unpaired) electrons. The predicted octanol–water partition coefficient (Wildman–Crippen LogP) is 2.64. The topological polar surface area (TPSA) is 43.8 Å². The lowest BCUT2D eigenvalue weighted by molar-refractivity contribution is 0.695. The van der Waals surface area contributed by atoms with Crippen LogP contribution in [0.25, 0.3) is 0 Å². The Hall–Kier alpha value is -0.990. The van der Waals surface area contributed by atoms with Crippen LogP contribution in [0.3, 0.4) is 0 Å². The van der Waals surface area contributed by atoms with Crippen molar-refractivity contribution in [2.75, 3.05) is 5.73 Å². The molecule has 3 heteroatoms. The quantitative estimate of drug-likeness (QED) is 0.805. The minimum Gasteiger partial charge on any atom is -0.384 e. The minimum atomic E-state index is 0.431. The van der Waals surface area contributed by atoms with Gasteiger partial charge in [-0.05, 0) is 6.42 Å². The molecule has 0 amide bonds. The van der Waals surface area contributed by atoms with Gasteiger partial charge in [-0.25, -0.2) is 4.98 Å². The van der Waals surface area contributed by atoms with Crippen molar-refractivity contribution in [1.29, 1.82) is 0 Å². The maximum Gasteiger partial charge on any atom is 0.126 e. The molecule has 0 saturated carbocycles. The number of hydrogen-bond donors (Lipinski definition) is 1. The van der Waals surface area contributed by atoms with Crippen LogP contribution in [0, 0.1) is 0 Å². The Labute approximate surface area is 86.3 Å². The van der Waals surface area contributed by atoms with Gasteiger partial charge in [0.05, 0.1) is 5.69 Å². The van der Waals surface area contributed by atoms with E-state index >= 15 is 0 Å². The number of nitrogens with zero attached hydrogens (tertiary/aromatic N) is 2.